The van der Waals surface area contributed by atoms with Gasteiger partial charge in [0.05, 0.1) is 9.50 Å². The lowest BCUT2D eigenvalue weighted by molar-refractivity contribution is -0.826. The highest BCUT2D eigenvalue weighted by Crippen LogP contribution is 2.30. The van der Waals surface area contributed by atoms with Crippen LogP contribution in [0.15, 0.2) is 28.9 Å². The van der Waals surface area contributed by atoms with E-state index in [-0.39, 0.29) is 22.0 Å². The summed E-state index contributed by atoms with van der Waals surface area (Å²) in [5, 5.41) is 9.74. The van der Waals surface area contributed by atoms with Crippen LogP contribution in [0, 0.1) is 5.82 Å². The van der Waals surface area contributed by atoms with Crippen molar-refractivity contribution in [1.82, 2.24) is 4.98 Å². The summed E-state index contributed by atoms with van der Waals surface area (Å²) in [6, 6.07) is 4.13. The summed E-state index contributed by atoms with van der Waals surface area (Å²) in [5.41, 5.74) is 1.64. The molecule has 0 atom stereocenters. The van der Waals surface area contributed by atoms with Gasteiger partial charge >= 0.3 is 0 Å². The molecule has 0 radical (unpaired) electrons. The quantitative estimate of drug-likeness (QED) is 0.483. The van der Waals surface area contributed by atoms with E-state index in [9.17, 15) is 4.39 Å². The van der Waals surface area contributed by atoms with Crippen LogP contribution in [-0.2, 0) is 6.61 Å². The number of nitrogens with zero attached hydrogens (tertiary/aromatic N) is 1. The van der Waals surface area contributed by atoms with E-state index in [1.165, 1.54) is 12.3 Å². The molecule has 0 saturated heterocycles. The van der Waals surface area contributed by atoms with Crippen LogP contribution in [0.2, 0.25) is 10.2 Å². The van der Waals surface area contributed by atoms with Gasteiger partial charge in [-0.25, -0.2) is 14.6 Å². The number of hydrogen-bond donors (Lipinski definition) is 2. The smallest absolute Gasteiger partial charge is 0.205 e. The highest BCUT2D eigenvalue weighted by Gasteiger charge is 2.15. The second-order valence-corrected chi connectivity index (χ2v) is 5.40. The number of rotatable bonds is 4. The van der Waals surface area contributed by atoms with Crippen molar-refractivity contribution in [2.45, 2.75) is 6.61 Å². The summed E-state index contributed by atoms with van der Waals surface area (Å²) in [6.45, 7) is 0.00736. The van der Waals surface area contributed by atoms with Crippen LogP contribution in [0.25, 0.3) is 0 Å². The van der Waals surface area contributed by atoms with Crippen LogP contribution in [0.5, 0.6) is 5.75 Å². The van der Waals surface area contributed by atoms with Gasteiger partial charge in [-0.3, -0.25) is 0 Å². The van der Waals surface area contributed by atoms with Gasteiger partial charge in [0.1, 0.15) is 17.6 Å². The third-order valence-electron chi connectivity index (χ3n) is 2.51. The maximum absolute atomic E-state index is 13.5. The SMILES string of the molecule is O[NH2+]c1cc(Br)c(F)cc1OCc1c(Cl)ccnc1Cl. The molecule has 4 nitrogen and oxygen atoms in total. The summed E-state index contributed by atoms with van der Waals surface area (Å²) in [6.07, 6.45) is 1.47. The van der Waals surface area contributed by atoms with E-state index < -0.39 is 5.82 Å². The van der Waals surface area contributed by atoms with E-state index in [0.717, 1.165) is 11.5 Å². The van der Waals surface area contributed by atoms with Gasteiger partial charge in [0.2, 0.25) is 5.69 Å². The zero-order valence-corrected chi connectivity index (χ0v) is 13.0. The van der Waals surface area contributed by atoms with Crippen LogP contribution in [0.3, 0.4) is 0 Å². The van der Waals surface area contributed by atoms with Gasteiger partial charge in [-0.1, -0.05) is 23.2 Å². The van der Waals surface area contributed by atoms with E-state index in [4.69, 9.17) is 33.1 Å². The van der Waals surface area contributed by atoms with Crippen molar-refractivity contribution >= 4 is 44.8 Å². The number of aromatic nitrogens is 1. The highest BCUT2D eigenvalue weighted by molar-refractivity contribution is 9.10. The van der Waals surface area contributed by atoms with Crippen molar-refractivity contribution < 1.29 is 19.8 Å². The molecule has 0 fully saturated rings. The number of quaternary nitrogens is 1. The minimum absolute atomic E-state index is 0.00736. The molecule has 0 aliphatic carbocycles. The summed E-state index contributed by atoms with van der Waals surface area (Å²) in [5.74, 6) is -0.335. The van der Waals surface area contributed by atoms with Gasteiger partial charge in [-0.2, -0.15) is 5.48 Å². The molecule has 1 aromatic heterocycles. The number of nitrogens with two attached hydrogens (primary N) is 1. The topological polar surface area (TPSA) is 59.0 Å². The van der Waals surface area contributed by atoms with Crippen LogP contribution >= 0.6 is 39.1 Å². The fourth-order valence-electron chi connectivity index (χ4n) is 1.49. The molecule has 0 amide bonds. The predicted molar refractivity (Wildman–Crippen MR) is 76.1 cm³/mol. The normalized spacial score (nSPS) is 10.7. The van der Waals surface area contributed by atoms with Crippen molar-refractivity contribution in [2.75, 3.05) is 0 Å². The van der Waals surface area contributed by atoms with E-state index in [1.807, 2.05) is 0 Å². The summed E-state index contributed by atoms with van der Waals surface area (Å²) in [4.78, 5) is 3.89. The Kier molecular flexibility index (Phi) is 5.17. The third kappa shape index (κ3) is 3.39. The van der Waals surface area contributed by atoms with E-state index in [0.29, 0.717) is 16.3 Å². The van der Waals surface area contributed by atoms with E-state index in [1.54, 1.807) is 6.07 Å². The Bertz CT molecular complexity index is 623. The van der Waals surface area contributed by atoms with Crippen LogP contribution in [0.1, 0.15) is 5.56 Å². The standard InChI is InChI=1S/C12H8BrCl2FN2O2/c13-7-3-10(18-19)11(4-9(7)16)20-5-6-8(14)1-2-17-12(6)15/h1-4,18-19H,5H2/p+1. The molecule has 0 unspecified atom stereocenters. The number of hydrogen-bond acceptors (Lipinski definition) is 3. The van der Waals surface area contributed by atoms with Gasteiger partial charge < -0.3 is 4.74 Å². The highest BCUT2D eigenvalue weighted by atomic mass is 79.9. The first-order chi connectivity index (χ1) is 9.52. The molecule has 0 aliphatic heterocycles. The average Bonchev–Trinajstić information content (AvgIpc) is 2.41. The Labute approximate surface area is 132 Å². The first-order valence-electron chi connectivity index (χ1n) is 5.41. The zero-order chi connectivity index (χ0) is 14.7. The molecular formula is C12H9BrCl2FN2O2+. The van der Waals surface area contributed by atoms with Gasteiger partial charge in [0, 0.05) is 23.9 Å². The number of benzene rings is 1. The maximum atomic E-state index is 13.5. The Morgan fingerprint density at radius 2 is 2.15 bits per heavy atom. The first kappa shape index (κ1) is 15.5. The predicted octanol–water partition coefficient (Wildman–Crippen LogP) is 3.45. The lowest BCUT2D eigenvalue weighted by Gasteiger charge is -2.10. The molecule has 0 spiro atoms. The molecule has 20 heavy (non-hydrogen) atoms. The van der Waals surface area contributed by atoms with Gasteiger partial charge in [0.15, 0.2) is 5.75 Å². The van der Waals surface area contributed by atoms with Crippen molar-refractivity contribution in [3.63, 3.8) is 0 Å². The zero-order valence-electron chi connectivity index (χ0n) is 9.91. The van der Waals surface area contributed by atoms with Gasteiger partial charge in [-0.15, -0.1) is 0 Å². The van der Waals surface area contributed by atoms with Crippen LogP contribution in [-0.4, -0.2) is 10.2 Å². The summed E-state index contributed by atoms with van der Waals surface area (Å²) in [7, 11) is 0. The Balaban J connectivity index is 2.25. The van der Waals surface area contributed by atoms with Crippen molar-refractivity contribution in [3.05, 3.63) is 50.4 Å². The molecule has 1 aromatic carbocycles. The molecule has 0 saturated carbocycles. The molecule has 8 heteroatoms. The molecular weight excluding hydrogens is 374 g/mol. The number of halogens is 4. The minimum atomic E-state index is -0.506. The maximum Gasteiger partial charge on any atom is 0.205 e. The Morgan fingerprint density at radius 3 is 2.80 bits per heavy atom. The second-order valence-electron chi connectivity index (χ2n) is 3.78. The van der Waals surface area contributed by atoms with Gasteiger partial charge in [0.25, 0.3) is 0 Å². The molecule has 0 bridgehead atoms. The molecule has 1 heterocycles. The third-order valence-corrected chi connectivity index (χ3v) is 3.80. The van der Waals surface area contributed by atoms with Crippen LogP contribution < -0.4 is 10.2 Å². The largest absolute Gasteiger partial charge is 0.482 e. The fraction of sp³-hybridized carbons (Fsp3) is 0.0833. The molecule has 2 aromatic rings. The lowest BCUT2D eigenvalue weighted by atomic mass is 10.2. The van der Waals surface area contributed by atoms with Gasteiger partial charge in [-0.05, 0) is 22.0 Å². The van der Waals surface area contributed by atoms with Crippen molar-refractivity contribution in [1.29, 1.82) is 0 Å². The number of ether oxygens (including phenoxy) is 1. The molecule has 3 N–H and O–H groups in total. The first-order valence-corrected chi connectivity index (χ1v) is 6.96. The lowest BCUT2D eigenvalue weighted by Crippen LogP contribution is -2.73. The Hall–Kier alpha value is -0.920. The number of pyridine rings is 1. The second kappa shape index (κ2) is 6.69. The summed E-state index contributed by atoms with van der Waals surface area (Å²) >= 11 is 14.9. The van der Waals surface area contributed by atoms with Crippen molar-refractivity contribution in [3.8, 4) is 5.75 Å². The van der Waals surface area contributed by atoms with Crippen molar-refractivity contribution in [2.24, 2.45) is 0 Å². The van der Waals surface area contributed by atoms with E-state index >= 15 is 0 Å². The molecule has 0 aliphatic rings. The Morgan fingerprint density at radius 1 is 1.40 bits per heavy atom. The average molecular weight is 383 g/mol. The molecule has 2 rings (SSSR count). The summed E-state index contributed by atoms with van der Waals surface area (Å²) < 4.78 is 19.2. The minimum Gasteiger partial charge on any atom is -0.482 e. The van der Waals surface area contributed by atoms with E-state index in [2.05, 4.69) is 20.9 Å². The molecule has 106 valence electrons. The monoisotopic (exact) mass is 381 g/mol. The fourth-order valence-corrected chi connectivity index (χ4v) is 2.32. The van der Waals surface area contributed by atoms with Crippen LogP contribution in [0.4, 0.5) is 10.1 Å².